The van der Waals surface area contributed by atoms with Crippen LogP contribution in [-0.2, 0) is 24.2 Å². The monoisotopic (exact) mass is 297 g/mol. The van der Waals surface area contributed by atoms with E-state index in [0.717, 1.165) is 36.6 Å². The predicted molar refractivity (Wildman–Crippen MR) is 82.9 cm³/mol. The molecular formula is C17H19N3O2. The van der Waals surface area contributed by atoms with Crippen molar-refractivity contribution in [3.05, 3.63) is 42.0 Å². The number of hydrogen-bond donors (Lipinski definition) is 1. The van der Waals surface area contributed by atoms with Crippen molar-refractivity contribution in [1.82, 2.24) is 9.55 Å². The fourth-order valence-corrected chi connectivity index (χ4v) is 3.32. The highest BCUT2D eigenvalue weighted by molar-refractivity contribution is 5.93. The highest BCUT2D eigenvalue weighted by Gasteiger charge is 2.26. The van der Waals surface area contributed by atoms with Crippen LogP contribution in [0.25, 0.3) is 0 Å². The van der Waals surface area contributed by atoms with E-state index in [0.29, 0.717) is 6.42 Å². The Kier molecular flexibility index (Phi) is 3.13. The number of nitrogens with one attached hydrogen (secondary N) is 1. The molecule has 4 rings (SSSR count). The van der Waals surface area contributed by atoms with Crippen molar-refractivity contribution < 1.29 is 9.53 Å². The smallest absolute Gasteiger partial charge is 0.228 e. The van der Waals surface area contributed by atoms with E-state index in [4.69, 9.17) is 4.74 Å². The molecule has 0 saturated heterocycles. The summed E-state index contributed by atoms with van der Waals surface area (Å²) in [5.74, 6) is 2.02. The number of ether oxygens (including phenoxy) is 1. The molecule has 0 fully saturated rings. The standard InChI is InChI=1S/C17H19N3O2/c1-11-8-13-9-14(2-3-15(13)22-11)19-17(21)12-4-6-20-7-5-18-16(20)10-12/h2-3,5,7,9,11-12H,4,6,8,10H2,1H3,(H,19,21). The maximum absolute atomic E-state index is 12.5. The fraction of sp³-hybridized carbons (Fsp3) is 0.412. The summed E-state index contributed by atoms with van der Waals surface area (Å²) < 4.78 is 7.81. The van der Waals surface area contributed by atoms with Gasteiger partial charge < -0.3 is 14.6 Å². The van der Waals surface area contributed by atoms with Crippen LogP contribution in [0.4, 0.5) is 5.69 Å². The largest absolute Gasteiger partial charge is 0.490 e. The molecule has 5 heteroatoms. The number of benzene rings is 1. The zero-order chi connectivity index (χ0) is 15.1. The number of anilines is 1. The van der Waals surface area contributed by atoms with Crippen molar-refractivity contribution in [2.24, 2.45) is 5.92 Å². The van der Waals surface area contributed by atoms with Crippen LogP contribution >= 0.6 is 0 Å². The van der Waals surface area contributed by atoms with Gasteiger partial charge in [-0.3, -0.25) is 4.79 Å². The summed E-state index contributed by atoms with van der Waals surface area (Å²) in [4.78, 5) is 16.8. The zero-order valence-corrected chi connectivity index (χ0v) is 12.6. The summed E-state index contributed by atoms with van der Waals surface area (Å²) in [7, 11) is 0. The number of amides is 1. The minimum atomic E-state index is -0.00155. The molecule has 2 unspecified atom stereocenters. The van der Waals surface area contributed by atoms with Crippen LogP contribution in [0.15, 0.2) is 30.6 Å². The van der Waals surface area contributed by atoms with Gasteiger partial charge in [0, 0.05) is 43.4 Å². The van der Waals surface area contributed by atoms with Gasteiger partial charge in [0.2, 0.25) is 5.91 Å². The molecule has 2 aliphatic rings. The Balaban J connectivity index is 1.46. The Hall–Kier alpha value is -2.30. The first-order valence-corrected chi connectivity index (χ1v) is 7.79. The molecule has 114 valence electrons. The maximum atomic E-state index is 12.5. The van der Waals surface area contributed by atoms with Crippen molar-refractivity contribution in [2.45, 2.75) is 38.8 Å². The fourth-order valence-electron chi connectivity index (χ4n) is 3.32. The molecule has 2 atom stereocenters. The van der Waals surface area contributed by atoms with Crippen molar-refractivity contribution in [2.75, 3.05) is 5.32 Å². The molecular weight excluding hydrogens is 278 g/mol. The van der Waals surface area contributed by atoms with Gasteiger partial charge in [0.15, 0.2) is 0 Å². The number of hydrogen-bond acceptors (Lipinski definition) is 3. The van der Waals surface area contributed by atoms with Crippen molar-refractivity contribution in [3.8, 4) is 5.75 Å². The van der Waals surface area contributed by atoms with Gasteiger partial charge in [-0.15, -0.1) is 0 Å². The van der Waals surface area contributed by atoms with Crippen molar-refractivity contribution in [1.29, 1.82) is 0 Å². The molecule has 3 heterocycles. The highest BCUT2D eigenvalue weighted by Crippen LogP contribution is 2.31. The van der Waals surface area contributed by atoms with Gasteiger partial charge in [-0.05, 0) is 37.1 Å². The summed E-state index contributed by atoms with van der Waals surface area (Å²) in [5, 5.41) is 3.05. The highest BCUT2D eigenvalue weighted by atomic mass is 16.5. The van der Waals surface area contributed by atoms with Gasteiger partial charge in [-0.1, -0.05) is 0 Å². The lowest BCUT2D eigenvalue weighted by molar-refractivity contribution is -0.120. The molecule has 1 aromatic heterocycles. The topological polar surface area (TPSA) is 56.2 Å². The molecule has 0 spiro atoms. The molecule has 5 nitrogen and oxygen atoms in total. The maximum Gasteiger partial charge on any atom is 0.228 e. The van der Waals surface area contributed by atoms with E-state index < -0.39 is 0 Å². The predicted octanol–water partition coefficient (Wildman–Crippen LogP) is 2.41. The second-order valence-corrected chi connectivity index (χ2v) is 6.17. The lowest BCUT2D eigenvalue weighted by atomic mass is 9.96. The summed E-state index contributed by atoms with van der Waals surface area (Å²) in [6.07, 6.45) is 6.48. The van der Waals surface area contributed by atoms with Crippen LogP contribution in [0.1, 0.15) is 24.7 Å². The van der Waals surface area contributed by atoms with Crippen LogP contribution in [0.2, 0.25) is 0 Å². The Morgan fingerprint density at radius 1 is 1.41 bits per heavy atom. The number of nitrogens with zero attached hydrogens (tertiary/aromatic N) is 2. The Labute approximate surface area is 129 Å². The Morgan fingerprint density at radius 2 is 2.32 bits per heavy atom. The molecule has 0 bridgehead atoms. The number of fused-ring (bicyclic) bond motifs is 2. The van der Waals surface area contributed by atoms with E-state index in [1.54, 1.807) is 6.20 Å². The van der Waals surface area contributed by atoms with E-state index in [9.17, 15) is 4.79 Å². The van der Waals surface area contributed by atoms with Crippen molar-refractivity contribution >= 4 is 11.6 Å². The lowest BCUT2D eigenvalue weighted by Crippen LogP contribution is -2.30. The van der Waals surface area contributed by atoms with Crippen molar-refractivity contribution in [3.63, 3.8) is 0 Å². The minimum Gasteiger partial charge on any atom is -0.490 e. The molecule has 2 aromatic rings. The number of imidazole rings is 1. The molecule has 1 amide bonds. The third kappa shape index (κ3) is 2.36. The van der Waals surface area contributed by atoms with Gasteiger partial charge in [0.1, 0.15) is 17.7 Å². The van der Waals surface area contributed by atoms with Crippen LogP contribution in [0, 0.1) is 5.92 Å². The van der Waals surface area contributed by atoms with Gasteiger partial charge >= 0.3 is 0 Å². The molecule has 0 saturated carbocycles. The molecule has 1 aromatic carbocycles. The number of rotatable bonds is 2. The van der Waals surface area contributed by atoms with Crippen LogP contribution in [0.5, 0.6) is 5.75 Å². The summed E-state index contributed by atoms with van der Waals surface area (Å²) in [6.45, 7) is 2.92. The second kappa shape index (κ2) is 5.16. The van der Waals surface area contributed by atoms with Gasteiger partial charge in [-0.25, -0.2) is 4.98 Å². The quantitative estimate of drug-likeness (QED) is 0.926. The Morgan fingerprint density at radius 3 is 3.23 bits per heavy atom. The minimum absolute atomic E-state index is 0.00155. The molecule has 0 aliphatic carbocycles. The average Bonchev–Trinajstić information content (AvgIpc) is 3.10. The van der Waals surface area contributed by atoms with Crippen LogP contribution < -0.4 is 10.1 Å². The van der Waals surface area contributed by atoms with E-state index in [1.807, 2.05) is 24.4 Å². The number of aryl methyl sites for hydroxylation is 1. The van der Waals surface area contributed by atoms with Gasteiger partial charge in [-0.2, -0.15) is 0 Å². The van der Waals surface area contributed by atoms with Crippen LogP contribution in [-0.4, -0.2) is 21.6 Å². The van der Waals surface area contributed by atoms with E-state index >= 15 is 0 Å². The van der Waals surface area contributed by atoms with E-state index in [1.165, 1.54) is 5.56 Å². The first-order chi connectivity index (χ1) is 10.7. The third-order valence-corrected chi connectivity index (χ3v) is 4.48. The number of carbonyl (C=O) groups is 1. The zero-order valence-electron chi connectivity index (χ0n) is 12.6. The first kappa shape index (κ1) is 13.4. The molecule has 0 radical (unpaired) electrons. The van der Waals surface area contributed by atoms with Gasteiger partial charge in [0.05, 0.1) is 0 Å². The Bertz CT molecular complexity index is 722. The van der Waals surface area contributed by atoms with E-state index in [2.05, 4.69) is 21.8 Å². The van der Waals surface area contributed by atoms with E-state index in [-0.39, 0.29) is 17.9 Å². The summed E-state index contributed by atoms with van der Waals surface area (Å²) >= 11 is 0. The molecule has 1 N–H and O–H groups in total. The molecule has 2 aliphatic heterocycles. The van der Waals surface area contributed by atoms with Gasteiger partial charge in [0.25, 0.3) is 0 Å². The van der Waals surface area contributed by atoms with Crippen LogP contribution in [0.3, 0.4) is 0 Å². The summed E-state index contributed by atoms with van der Waals surface area (Å²) in [6, 6.07) is 5.89. The summed E-state index contributed by atoms with van der Waals surface area (Å²) in [5.41, 5.74) is 2.03. The SMILES string of the molecule is CC1Cc2cc(NC(=O)C3CCn4ccnc4C3)ccc2O1. The third-order valence-electron chi connectivity index (χ3n) is 4.48. The number of carbonyl (C=O) groups excluding carboxylic acids is 1. The molecule has 22 heavy (non-hydrogen) atoms. The lowest BCUT2D eigenvalue weighted by Gasteiger charge is -2.22. The first-order valence-electron chi connectivity index (χ1n) is 7.79. The average molecular weight is 297 g/mol. The normalized spacial score (nSPS) is 22.6. The number of aromatic nitrogens is 2. The second-order valence-electron chi connectivity index (χ2n) is 6.17.